The molecule has 0 unspecified atom stereocenters. The van der Waals surface area contributed by atoms with E-state index in [9.17, 15) is 4.79 Å². The number of hydrogen-bond donors (Lipinski definition) is 0. The molecule has 3 rings (SSSR count). The molecule has 1 aromatic carbocycles. The van der Waals surface area contributed by atoms with Crippen LogP contribution in [-0.2, 0) is 6.42 Å². The number of ether oxygens (including phenoxy) is 2. The summed E-state index contributed by atoms with van der Waals surface area (Å²) in [6, 6.07) is 3.48. The van der Waals surface area contributed by atoms with E-state index in [-0.39, 0.29) is 11.6 Å². The van der Waals surface area contributed by atoms with Crippen molar-refractivity contribution in [2.75, 3.05) is 0 Å². The number of hydrogen-bond acceptors (Lipinski definition) is 4. The first-order valence-corrected chi connectivity index (χ1v) is 15.4. The maximum Gasteiger partial charge on any atom is 0.345 e. The molecule has 0 amide bonds. The molecule has 0 saturated heterocycles. The van der Waals surface area contributed by atoms with Gasteiger partial charge in [-0.25, -0.2) is 4.79 Å². The molecule has 0 N–H and O–H groups in total. The van der Waals surface area contributed by atoms with Gasteiger partial charge in [-0.3, -0.25) is 4.98 Å². The largest absolute Gasteiger partial charge is 0.487 e. The lowest BCUT2D eigenvalue weighted by atomic mass is 9.83. The summed E-state index contributed by atoms with van der Waals surface area (Å²) < 4.78 is 12.6. The number of esters is 1. The predicted octanol–water partition coefficient (Wildman–Crippen LogP) is 9.75. The first-order valence-electron chi connectivity index (χ1n) is 15.4. The van der Waals surface area contributed by atoms with E-state index in [1.54, 1.807) is 24.5 Å². The summed E-state index contributed by atoms with van der Waals surface area (Å²) in [4.78, 5) is 16.8. The third kappa shape index (κ3) is 8.82. The SMILES string of the molecule is Cc1c(C)c2c(c(C)c1OC(=O)c1cccnc1)CC[C@](C)(CCC[C@H](C)CCC[C@@H](C)CCCC(C)C)O2. The molecule has 0 radical (unpaired) electrons. The van der Waals surface area contributed by atoms with E-state index < -0.39 is 0 Å². The molecule has 4 nitrogen and oxygen atoms in total. The van der Waals surface area contributed by atoms with Crippen molar-refractivity contribution < 1.29 is 14.3 Å². The van der Waals surface area contributed by atoms with Gasteiger partial charge < -0.3 is 9.47 Å². The summed E-state index contributed by atoms with van der Waals surface area (Å²) >= 11 is 0. The molecule has 0 aliphatic carbocycles. The minimum absolute atomic E-state index is 0.144. The van der Waals surface area contributed by atoms with Crippen LogP contribution in [0.15, 0.2) is 24.5 Å². The van der Waals surface area contributed by atoms with Crippen LogP contribution in [0.5, 0.6) is 11.5 Å². The summed E-state index contributed by atoms with van der Waals surface area (Å²) in [5, 5.41) is 0. The lowest BCUT2D eigenvalue weighted by molar-refractivity contribution is 0.0508. The second-order valence-electron chi connectivity index (χ2n) is 13.1. The summed E-state index contributed by atoms with van der Waals surface area (Å²) in [6.45, 7) is 18.0. The van der Waals surface area contributed by atoms with E-state index in [1.807, 2.05) is 6.92 Å². The van der Waals surface area contributed by atoms with Crippen molar-refractivity contribution in [1.29, 1.82) is 0 Å². The van der Waals surface area contributed by atoms with Gasteiger partial charge in [0, 0.05) is 18.0 Å². The quantitative estimate of drug-likeness (QED) is 0.178. The number of aromatic nitrogens is 1. The first kappa shape index (κ1) is 31.2. The normalized spacial score (nSPS) is 18.4. The molecule has 0 fully saturated rings. The van der Waals surface area contributed by atoms with Crippen LogP contribution < -0.4 is 9.47 Å². The monoisotopic (exact) mass is 535 g/mol. The molecular weight excluding hydrogens is 482 g/mol. The molecule has 39 heavy (non-hydrogen) atoms. The molecule has 2 heterocycles. The van der Waals surface area contributed by atoms with E-state index in [2.05, 4.69) is 53.5 Å². The van der Waals surface area contributed by atoms with Crippen LogP contribution in [0.2, 0.25) is 0 Å². The number of nitrogens with zero attached hydrogens (tertiary/aromatic N) is 1. The van der Waals surface area contributed by atoms with E-state index in [0.717, 1.165) is 59.5 Å². The number of pyridine rings is 1. The Balaban J connectivity index is 1.51. The molecule has 0 spiro atoms. The van der Waals surface area contributed by atoms with Crippen molar-refractivity contribution in [3.63, 3.8) is 0 Å². The highest BCUT2D eigenvalue weighted by Crippen LogP contribution is 2.45. The third-order valence-electron chi connectivity index (χ3n) is 8.93. The van der Waals surface area contributed by atoms with Crippen molar-refractivity contribution in [1.82, 2.24) is 4.98 Å². The van der Waals surface area contributed by atoms with E-state index >= 15 is 0 Å². The second-order valence-corrected chi connectivity index (χ2v) is 13.1. The van der Waals surface area contributed by atoms with Crippen LogP contribution in [0.1, 0.15) is 131 Å². The Bertz CT molecular complexity index is 1080. The second kappa shape index (κ2) is 14.3. The van der Waals surface area contributed by atoms with Gasteiger partial charge in [0.05, 0.1) is 5.56 Å². The van der Waals surface area contributed by atoms with Crippen molar-refractivity contribution in [2.24, 2.45) is 17.8 Å². The lowest BCUT2D eigenvalue weighted by Gasteiger charge is -2.38. The van der Waals surface area contributed by atoms with Gasteiger partial charge in [0.2, 0.25) is 0 Å². The highest BCUT2D eigenvalue weighted by Gasteiger charge is 2.35. The highest BCUT2D eigenvalue weighted by atomic mass is 16.5. The van der Waals surface area contributed by atoms with Crippen LogP contribution in [0, 0.1) is 38.5 Å². The Labute approximate surface area is 238 Å². The van der Waals surface area contributed by atoms with Crippen LogP contribution in [-0.4, -0.2) is 16.6 Å². The van der Waals surface area contributed by atoms with Gasteiger partial charge in [-0.15, -0.1) is 0 Å². The first-order chi connectivity index (χ1) is 18.5. The van der Waals surface area contributed by atoms with Gasteiger partial charge in [0.1, 0.15) is 17.1 Å². The van der Waals surface area contributed by atoms with Gasteiger partial charge in [-0.05, 0) is 100.0 Å². The van der Waals surface area contributed by atoms with E-state index in [4.69, 9.17) is 9.47 Å². The van der Waals surface area contributed by atoms with Gasteiger partial charge in [0.25, 0.3) is 0 Å². The highest BCUT2D eigenvalue weighted by molar-refractivity contribution is 5.91. The fourth-order valence-electron chi connectivity index (χ4n) is 6.05. The lowest BCUT2D eigenvalue weighted by Crippen LogP contribution is -2.37. The van der Waals surface area contributed by atoms with Crippen molar-refractivity contribution in [3.05, 3.63) is 52.3 Å². The molecule has 0 bridgehead atoms. The zero-order valence-corrected chi connectivity index (χ0v) is 26.0. The molecule has 1 aliphatic heterocycles. The molecule has 1 aliphatic rings. The minimum atomic E-state index is -0.370. The number of fused-ring (bicyclic) bond motifs is 1. The summed E-state index contributed by atoms with van der Waals surface area (Å²) in [7, 11) is 0. The van der Waals surface area contributed by atoms with Gasteiger partial charge in [-0.2, -0.15) is 0 Å². The fourth-order valence-corrected chi connectivity index (χ4v) is 6.05. The summed E-state index contributed by atoms with van der Waals surface area (Å²) in [5.74, 6) is 3.76. The van der Waals surface area contributed by atoms with Crippen LogP contribution in [0.25, 0.3) is 0 Å². The predicted molar refractivity (Wildman–Crippen MR) is 162 cm³/mol. The number of carbonyl (C=O) groups excluding carboxylic acids is 1. The maximum absolute atomic E-state index is 12.7. The van der Waals surface area contributed by atoms with E-state index in [1.165, 1.54) is 56.9 Å². The molecule has 2 aromatic rings. The molecule has 0 saturated carbocycles. The Morgan fingerprint density at radius 2 is 1.59 bits per heavy atom. The number of carbonyl (C=O) groups is 1. The van der Waals surface area contributed by atoms with Crippen LogP contribution in [0.3, 0.4) is 0 Å². The standard InChI is InChI=1S/C35H53NO3/c1-24(2)13-9-14-25(3)15-10-16-26(4)17-11-20-35(8)21-19-31-29(7)32(27(5)28(6)33(31)39-35)38-34(37)30-18-12-22-36-23-30/h12,18,22-26H,9-11,13-17,19-21H2,1-8H3/t25-,26+,35-/m0/s1. The van der Waals surface area contributed by atoms with Gasteiger partial charge in [0.15, 0.2) is 0 Å². The zero-order valence-electron chi connectivity index (χ0n) is 26.0. The fraction of sp³-hybridized carbons (Fsp3) is 0.657. The Kier molecular flexibility index (Phi) is 11.4. The average molecular weight is 536 g/mol. The number of rotatable bonds is 14. The third-order valence-corrected chi connectivity index (χ3v) is 8.93. The van der Waals surface area contributed by atoms with Gasteiger partial charge in [-0.1, -0.05) is 72.6 Å². The molecule has 4 heteroatoms. The summed E-state index contributed by atoms with van der Waals surface area (Å²) in [5.41, 5.74) is 4.56. The smallest absolute Gasteiger partial charge is 0.345 e. The molecule has 3 atom stereocenters. The zero-order chi connectivity index (χ0) is 28.6. The number of benzene rings is 1. The molecular formula is C35H53NO3. The minimum Gasteiger partial charge on any atom is -0.487 e. The maximum atomic E-state index is 12.7. The van der Waals surface area contributed by atoms with Crippen molar-refractivity contribution in [3.8, 4) is 11.5 Å². The molecule has 216 valence electrons. The van der Waals surface area contributed by atoms with Crippen LogP contribution in [0.4, 0.5) is 0 Å². The van der Waals surface area contributed by atoms with Crippen LogP contribution >= 0.6 is 0 Å². The Hall–Kier alpha value is -2.36. The Morgan fingerprint density at radius 1 is 0.949 bits per heavy atom. The van der Waals surface area contributed by atoms with Crippen molar-refractivity contribution >= 4 is 5.97 Å². The van der Waals surface area contributed by atoms with Crippen molar-refractivity contribution in [2.45, 2.75) is 132 Å². The average Bonchev–Trinajstić information content (AvgIpc) is 2.90. The summed E-state index contributed by atoms with van der Waals surface area (Å²) in [6.07, 6.45) is 16.9. The van der Waals surface area contributed by atoms with Gasteiger partial charge >= 0.3 is 5.97 Å². The van der Waals surface area contributed by atoms with E-state index in [0.29, 0.717) is 11.3 Å². The Morgan fingerprint density at radius 3 is 2.21 bits per heavy atom. The topological polar surface area (TPSA) is 48.4 Å². The molecule has 1 aromatic heterocycles.